The van der Waals surface area contributed by atoms with E-state index in [4.69, 9.17) is 4.42 Å². The monoisotopic (exact) mass is 354 g/mol. The van der Waals surface area contributed by atoms with Gasteiger partial charge in [-0.25, -0.2) is 4.79 Å². The zero-order chi connectivity index (χ0) is 17.6. The summed E-state index contributed by atoms with van der Waals surface area (Å²) in [6.45, 7) is 5.07. The zero-order valence-corrected chi connectivity index (χ0v) is 15.3. The van der Waals surface area contributed by atoms with Gasteiger partial charge in [-0.1, -0.05) is 30.3 Å². The van der Waals surface area contributed by atoms with Gasteiger partial charge in [0.15, 0.2) is 0 Å². The van der Waals surface area contributed by atoms with Crippen molar-refractivity contribution >= 4 is 17.4 Å². The van der Waals surface area contributed by atoms with Crippen LogP contribution < -0.4 is 5.32 Å². The van der Waals surface area contributed by atoms with Crippen LogP contribution in [0.15, 0.2) is 64.6 Å². The second-order valence-corrected chi connectivity index (χ2v) is 7.07. The standard InChI is InChI=1S/C20H22N2O2S/c1-15-7-3-4-10-19(15)16(2)21-20(23)22(13-17-8-5-11-24-17)14-18-9-6-12-25-18/h3-12,16H,13-14H2,1-2H3,(H,21,23). The van der Waals surface area contributed by atoms with Crippen molar-refractivity contribution in [3.63, 3.8) is 0 Å². The fourth-order valence-corrected chi connectivity index (χ4v) is 3.53. The molecule has 2 aromatic heterocycles. The third-order valence-electron chi connectivity index (χ3n) is 4.14. The fraction of sp³-hybridized carbons (Fsp3) is 0.250. The van der Waals surface area contributed by atoms with Crippen molar-refractivity contribution < 1.29 is 9.21 Å². The number of carbonyl (C=O) groups excluding carboxylic acids is 1. The molecule has 0 bridgehead atoms. The number of hydrogen-bond donors (Lipinski definition) is 1. The molecule has 0 radical (unpaired) electrons. The molecule has 2 heterocycles. The van der Waals surface area contributed by atoms with Gasteiger partial charge in [-0.3, -0.25) is 0 Å². The van der Waals surface area contributed by atoms with Gasteiger partial charge in [0.05, 0.1) is 25.4 Å². The maximum absolute atomic E-state index is 12.9. The number of thiophene rings is 1. The van der Waals surface area contributed by atoms with Crippen molar-refractivity contribution in [2.75, 3.05) is 0 Å². The summed E-state index contributed by atoms with van der Waals surface area (Å²) >= 11 is 1.65. The minimum atomic E-state index is -0.0967. The highest BCUT2D eigenvalue weighted by molar-refractivity contribution is 7.09. The van der Waals surface area contributed by atoms with Crippen molar-refractivity contribution in [3.05, 3.63) is 81.9 Å². The van der Waals surface area contributed by atoms with Crippen LogP contribution in [0.4, 0.5) is 4.79 Å². The van der Waals surface area contributed by atoms with Crippen molar-refractivity contribution in [1.29, 1.82) is 0 Å². The van der Waals surface area contributed by atoms with E-state index in [0.29, 0.717) is 13.1 Å². The van der Waals surface area contributed by atoms with Gasteiger partial charge >= 0.3 is 6.03 Å². The van der Waals surface area contributed by atoms with E-state index in [1.54, 1.807) is 22.5 Å². The number of nitrogens with one attached hydrogen (secondary N) is 1. The fourth-order valence-electron chi connectivity index (χ4n) is 2.81. The maximum atomic E-state index is 12.9. The second kappa shape index (κ2) is 8.03. The van der Waals surface area contributed by atoms with Crippen LogP contribution in [0.25, 0.3) is 0 Å². The van der Waals surface area contributed by atoms with Crippen LogP contribution >= 0.6 is 11.3 Å². The summed E-state index contributed by atoms with van der Waals surface area (Å²) in [6, 6.07) is 15.7. The highest BCUT2D eigenvalue weighted by Crippen LogP contribution is 2.19. The molecule has 0 saturated heterocycles. The van der Waals surface area contributed by atoms with Crippen molar-refractivity contribution in [3.8, 4) is 0 Å². The first-order valence-electron chi connectivity index (χ1n) is 8.29. The number of benzene rings is 1. The first-order valence-corrected chi connectivity index (χ1v) is 9.17. The molecule has 1 atom stereocenters. The Kier molecular flexibility index (Phi) is 5.56. The van der Waals surface area contributed by atoms with Crippen LogP contribution in [-0.4, -0.2) is 10.9 Å². The number of furan rings is 1. The molecule has 0 fully saturated rings. The number of urea groups is 1. The number of amides is 2. The van der Waals surface area contributed by atoms with Crippen LogP contribution in [0.1, 0.15) is 34.7 Å². The van der Waals surface area contributed by atoms with E-state index in [9.17, 15) is 4.79 Å². The van der Waals surface area contributed by atoms with Gasteiger partial charge in [0.1, 0.15) is 5.76 Å². The summed E-state index contributed by atoms with van der Waals surface area (Å²) < 4.78 is 5.42. The lowest BCUT2D eigenvalue weighted by molar-refractivity contribution is 0.184. The van der Waals surface area contributed by atoms with Crippen LogP contribution in [0.2, 0.25) is 0 Å². The second-order valence-electron chi connectivity index (χ2n) is 6.04. The summed E-state index contributed by atoms with van der Waals surface area (Å²) in [5, 5.41) is 5.13. The minimum Gasteiger partial charge on any atom is -0.467 e. The van der Waals surface area contributed by atoms with Crippen LogP contribution in [0.3, 0.4) is 0 Å². The summed E-state index contributed by atoms with van der Waals surface area (Å²) in [7, 11) is 0. The lowest BCUT2D eigenvalue weighted by atomic mass is 10.0. The van der Waals surface area contributed by atoms with Crippen LogP contribution in [0, 0.1) is 6.92 Å². The Labute approximate surface area is 152 Å². The topological polar surface area (TPSA) is 45.5 Å². The number of rotatable bonds is 6. The number of nitrogens with zero attached hydrogens (tertiary/aromatic N) is 1. The van der Waals surface area contributed by atoms with Gasteiger partial charge in [-0.15, -0.1) is 11.3 Å². The van der Waals surface area contributed by atoms with E-state index < -0.39 is 0 Å². The van der Waals surface area contributed by atoms with Crippen molar-refractivity contribution in [2.24, 2.45) is 0 Å². The first-order chi connectivity index (χ1) is 12.1. The molecule has 0 aliphatic rings. The molecule has 0 aliphatic heterocycles. The lowest BCUT2D eigenvalue weighted by Gasteiger charge is -2.25. The first kappa shape index (κ1) is 17.3. The van der Waals surface area contributed by atoms with Gasteiger partial charge < -0.3 is 14.6 Å². The average Bonchev–Trinajstić information content (AvgIpc) is 3.28. The Morgan fingerprint density at radius 1 is 1.16 bits per heavy atom. The SMILES string of the molecule is Cc1ccccc1C(C)NC(=O)N(Cc1ccco1)Cc1cccs1. The third kappa shape index (κ3) is 4.51. The van der Waals surface area contributed by atoms with Gasteiger partial charge in [0.2, 0.25) is 0 Å². The van der Waals surface area contributed by atoms with Crippen molar-refractivity contribution in [2.45, 2.75) is 33.0 Å². The van der Waals surface area contributed by atoms with Gasteiger partial charge in [0.25, 0.3) is 0 Å². The lowest BCUT2D eigenvalue weighted by Crippen LogP contribution is -2.40. The zero-order valence-electron chi connectivity index (χ0n) is 14.4. The average molecular weight is 354 g/mol. The molecule has 5 heteroatoms. The smallest absolute Gasteiger partial charge is 0.318 e. The van der Waals surface area contributed by atoms with Crippen LogP contribution in [-0.2, 0) is 13.1 Å². The van der Waals surface area contributed by atoms with E-state index in [1.807, 2.05) is 48.7 Å². The van der Waals surface area contributed by atoms with Gasteiger partial charge in [-0.2, -0.15) is 0 Å². The van der Waals surface area contributed by atoms with Crippen LogP contribution in [0.5, 0.6) is 0 Å². The summed E-state index contributed by atoms with van der Waals surface area (Å²) in [6.07, 6.45) is 1.63. The summed E-state index contributed by atoms with van der Waals surface area (Å²) in [5.74, 6) is 0.773. The Hall–Kier alpha value is -2.53. The number of aryl methyl sites for hydroxylation is 1. The van der Waals surface area contributed by atoms with Crippen molar-refractivity contribution in [1.82, 2.24) is 10.2 Å². The molecule has 3 rings (SSSR count). The van der Waals surface area contributed by atoms with E-state index in [-0.39, 0.29) is 12.1 Å². The molecule has 0 saturated carbocycles. The Morgan fingerprint density at radius 3 is 2.68 bits per heavy atom. The molecule has 130 valence electrons. The quantitative estimate of drug-likeness (QED) is 0.667. The largest absolute Gasteiger partial charge is 0.467 e. The molecule has 0 spiro atoms. The Bertz CT molecular complexity index is 761. The molecule has 1 N–H and O–H groups in total. The molecule has 2 amide bonds. The molecule has 1 aromatic carbocycles. The van der Waals surface area contributed by atoms with E-state index in [1.165, 1.54) is 5.56 Å². The summed E-state index contributed by atoms with van der Waals surface area (Å²) in [5.41, 5.74) is 2.30. The highest BCUT2D eigenvalue weighted by Gasteiger charge is 2.19. The molecule has 4 nitrogen and oxygen atoms in total. The van der Waals surface area contributed by atoms with E-state index in [0.717, 1.165) is 16.2 Å². The third-order valence-corrected chi connectivity index (χ3v) is 5.00. The molecule has 1 unspecified atom stereocenters. The number of hydrogen-bond acceptors (Lipinski definition) is 3. The normalized spacial score (nSPS) is 11.9. The minimum absolute atomic E-state index is 0.0591. The molecule has 0 aliphatic carbocycles. The molecule has 25 heavy (non-hydrogen) atoms. The van der Waals surface area contributed by atoms with Gasteiger partial charge in [0, 0.05) is 4.88 Å². The maximum Gasteiger partial charge on any atom is 0.318 e. The Balaban J connectivity index is 1.72. The van der Waals surface area contributed by atoms with Gasteiger partial charge in [-0.05, 0) is 48.6 Å². The molecular formula is C20H22N2O2S. The molecule has 3 aromatic rings. The van der Waals surface area contributed by atoms with E-state index in [2.05, 4.69) is 24.4 Å². The predicted molar refractivity (Wildman–Crippen MR) is 100 cm³/mol. The molecular weight excluding hydrogens is 332 g/mol. The predicted octanol–water partition coefficient (Wildman–Crippen LogP) is 5.12. The summed E-state index contributed by atoms with van der Waals surface area (Å²) in [4.78, 5) is 15.8. The number of carbonyl (C=O) groups is 1. The Morgan fingerprint density at radius 2 is 2.00 bits per heavy atom. The highest BCUT2D eigenvalue weighted by atomic mass is 32.1. The van der Waals surface area contributed by atoms with E-state index >= 15 is 0 Å².